The van der Waals surface area contributed by atoms with Crippen molar-refractivity contribution in [3.05, 3.63) is 59.9 Å². The van der Waals surface area contributed by atoms with E-state index < -0.39 is 11.6 Å². The average molecular weight is 332 g/mol. The number of rotatable bonds is 4. The number of aromatic nitrogens is 4. The number of hydrogen-bond donors (Lipinski definition) is 0. The molecule has 7 heteroatoms. The normalized spacial score (nSPS) is 12.3. The highest BCUT2D eigenvalue weighted by atomic mass is 32.2. The number of benzene rings is 1. The third kappa shape index (κ3) is 3.24. The summed E-state index contributed by atoms with van der Waals surface area (Å²) in [5.41, 5.74) is 1.29. The molecular formula is C16H14F2N4S. The molecule has 23 heavy (non-hydrogen) atoms. The van der Waals surface area contributed by atoms with Crippen molar-refractivity contribution in [3.63, 3.8) is 0 Å². The van der Waals surface area contributed by atoms with E-state index in [2.05, 4.69) is 15.2 Å². The molecule has 1 aromatic carbocycles. The molecule has 3 aromatic rings. The van der Waals surface area contributed by atoms with Crippen LogP contribution in [0, 0.1) is 11.6 Å². The first-order valence-corrected chi connectivity index (χ1v) is 7.85. The third-order valence-electron chi connectivity index (χ3n) is 3.44. The maximum atomic E-state index is 13.9. The predicted molar refractivity (Wildman–Crippen MR) is 84.9 cm³/mol. The fourth-order valence-corrected chi connectivity index (χ4v) is 3.18. The molecule has 118 valence electrons. The highest BCUT2D eigenvalue weighted by Crippen LogP contribution is 2.35. The summed E-state index contributed by atoms with van der Waals surface area (Å²) in [6.07, 6.45) is 3.40. The monoisotopic (exact) mass is 332 g/mol. The summed E-state index contributed by atoms with van der Waals surface area (Å²) in [6.45, 7) is 1.85. The van der Waals surface area contributed by atoms with Gasteiger partial charge in [-0.1, -0.05) is 17.8 Å². The van der Waals surface area contributed by atoms with Gasteiger partial charge in [-0.2, -0.15) is 0 Å². The second kappa shape index (κ2) is 6.45. The van der Waals surface area contributed by atoms with E-state index in [0.717, 1.165) is 11.6 Å². The Balaban J connectivity index is 1.85. The molecule has 0 amide bonds. The summed E-state index contributed by atoms with van der Waals surface area (Å²) >= 11 is 1.37. The summed E-state index contributed by atoms with van der Waals surface area (Å²) in [4.78, 5) is 4.07. The van der Waals surface area contributed by atoms with E-state index in [1.165, 1.54) is 23.9 Å². The molecule has 1 atom stereocenters. The van der Waals surface area contributed by atoms with Crippen LogP contribution in [0.15, 0.2) is 47.9 Å². The molecule has 3 rings (SSSR count). The molecule has 0 aliphatic heterocycles. The van der Waals surface area contributed by atoms with E-state index in [-0.39, 0.29) is 5.25 Å². The van der Waals surface area contributed by atoms with Gasteiger partial charge in [0.25, 0.3) is 0 Å². The minimum absolute atomic E-state index is 0.222. The lowest BCUT2D eigenvalue weighted by Crippen LogP contribution is -1.99. The Hall–Kier alpha value is -2.28. The molecule has 0 N–H and O–H groups in total. The van der Waals surface area contributed by atoms with Crippen LogP contribution in [0.4, 0.5) is 8.78 Å². The van der Waals surface area contributed by atoms with Crippen molar-refractivity contribution in [2.24, 2.45) is 7.05 Å². The van der Waals surface area contributed by atoms with Crippen LogP contribution in [0.25, 0.3) is 11.4 Å². The standard InChI is InChI=1S/C16H14F2N4S/c1-10(13-6-5-12(17)8-14(13)18)23-16-21-20-15(22(16)2)11-4-3-7-19-9-11/h3-10H,1-2H3. The minimum atomic E-state index is -0.582. The summed E-state index contributed by atoms with van der Waals surface area (Å²) in [5.74, 6) is -0.451. The summed E-state index contributed by atoms with van der Waals surface area (Å²) in [6, 6.07) is 7.33. The van der Waals surface area contributed by atoms with Crippen molar-refractivity contribution in [2.75, 3.05) is 0 Å². The fourth-order valence-electron chi connectivity index (χ4n) is 2.22. The van der Waals surface area contributed by atoms with Gasteiger partial charge in [0.05, 0.1) is 0 Å². The van der Waals surface area contributed by atoms with Crippen LogP contribution in [0.3, 0.4) is 0 Å². The molecule has 1 unspecified atom stereocenters. The molecular weight excluding hydrogens is 318 g/mol. The van der Waals surface area contributed by atoms with Gasteiger partial charge in [0.1, 0.15) is 11.6 Å². The van der Waals surface area contributed by atoms with Crippen LogP contribution < -0.4 is 0 Å². The zero-order chi connectivity index (χ0) is 16.4. The smallest absolute Gasteiger partial charge is 0.191 e. The Morgan fingerprint density at radius 3 is 2.70 bits per heavy atom. The number of halogens is 2. The van der Waals surface area contributed by atoms with Crippen LogP contribution in [0.1, 0.15) is 17.7 Å². The van der Waals surface area contributed by atoms with E-state index in [1.54, 1.807) is 12.4 Å². The lowest BCUT2D eigenvalue weighted by atomic mass is 10.1. The molecule has 0 spiro atoms. The SMILES string of the molecule is CC(Sc1nnc(-c2cccnc2)n1C)c1ccc(F)cc1F. The van der Waals surface area contributed by atoms with Gasteiger partial charge in [0.15, 0.2) is 11.0 Å². The molecule has 2 aromatic heterocycles. The lowest BCUT2D eigenvalue weighted by Gasteiger charge is -2.12. The third-order valence-corrected chi connectivity index (χ3v) is 4.61. The van der Waals surface area contributed by atoms with Gasteiger partial charge >= 0.3 is 0 Å². The Bertz CT molecular complexity index is 820. The topological polar surface area (TPSA) is 43.6 Å². The number of pyridine rings is 1. The number of hydrogen-bond acceptors (Lipinski definition) is 4. The van der Waals surface area contributed by atoms with E-state index >= 15 is 0 Å². The van der Waals surface area contributed by atoms with E-state index in [0.29, 0.717) is 16.5 Å². The van der Waals surface area contributed by atoms with Crippen LogP contribution >= 0.6 is 11.8 Å². The van der Waals surface area contributed by atoms with Crippen molar-refractivity contribution in [1.82, 2.24) is 19.7 Å². The Morgan fingerprint density at radius 1 is 1.17 bits per heavy atom. The molecule has 2 heterocycles. The zero-order valence-electron chi connectivity index (χ0n) is 12.6. The molecule has 0 aliphatic rings. The largest absolute Gasteiger partial charge is 0.305 e. The second-order valence-electron chi connectivity index (χ2n) is 5.03. The molecule has 0 radical (unpaired) electrons. The quantitative estimate of drug-likeness (QED) is 0.677. The van der Waals surface area contributed by atoms with E-state index in [1.807, 2.05) is 30.7 Å². The van der Waals surface area contributed by atoms with Crippen molar-refractivity contribution in [2.45, 2.75) is 17.3 Å². The molecule has 0 saturated heterocycles. The van der Waals surface area contributed by atoms with Gasteiger partial charge in [-0.05, 0) is 25.1 Å². The van der Waals surface area contributed by atoms with Crippen LogP contribution in [-0.4, -0.2) is 19.7 Å². The summed E-state index contributed by atoms with van der Waals surface area (Å²) in [5, 5.41) is 8.75. The van der Waals surface area contributed by atoms with Gasteiger partial charge in [-0.3, -0.25) is 4.98 Å². The van der Waals surface area contributed by atoms with Crippen LogP contribution in [0.2, 0.25) is 0 Å². The maximum absolute atomic E-state index is 13.9. The van der Waals surface area contributed by atoms with Crippen molar-refractivity contribution in [3.8, 4) is 11.4 Å². The van der Waals surface area contributed by atoms with Gasteiger partial charge in [-0.15, -0.1) is 10.2 Å². The predicted octanol–water partition coefficient (Wildman–Crippen LogP) is 4.01. The van der Waals surface area contributed by atoms with Gasteiger partial charge in [-0.25, -0.2) is 8.78 Å². The van der Waals surface area contributed by atoms with E-state index in [4.69, 9.17) is 0 Å². The molecule has 0 aliphatic carbocycles. The van der Waals surface area contributed by atoms with Crippen LogP contribution in [-0.2, 0) is 7.05 Å². The van der Waals surface area contributed by atoms with Crippen molar-refractivity contribution < 1.29 is 8.78 Å². The highest BCUT2D eigenvalue weighted by molar-refractivity contribution is 7.99. The fraction of sp³-hybridized carbons (Fsp3) is 0.188. The van der Waals surface area contributed by atoms with Crippen molar-refractivity contribution in [1.29, 1.82) is 0 Å². The maximum Gasteiger partial charge on any atom is 0.191 e. The van der Waals surface area contributed by atoms with E-state index in [9.17, 15) is 8.78 Å². The first kappa shape index (κ1) is 15.6. The van der Waals surface area contributed by atoms with Gasteiger partial charge < -0.3 is 4.57 Å². The summed E-state index contributed by atoms with van der Waals surface area (Å²) in [7, 11) is 1.85. The number of nitrogens with zero attached hydrogens (tertiary/aromatic N) is 4. The zero-order valence-corrected chi connectivity index (χ0v) is 13.4. The first-order valence-electron chi connectivity index (χ1n) is 6.97. The highest BCUT2D eigenvalue weighted by Gasteiger charge is 2.18. The summed E-state index contributed by atoms with van der Waals surface area (Å²) < 4.78 is 28.7. The Kier molecular flexibility index (Phi) is 4.38. The van der Waals surface area contributed by atoms with Crippen molar-refractivity contribution >= 4 is 11.8 Å². The minimum Gasteiger partial charge on any atom is -0.305 e. The van der Waals surface area contributed by atoms with Crippen LogP contribution in [0.5, 0.6) is 0 Å². The molecule has 0 fully saturated rings. The molecule has 0 saturated carbocycles. The second-order valence-corrected chi connectivity index (χ2v) is 6.34. The molecule has 0 bridgehead atoms. The van der Waals surface area contributed by atoms with Gasteiger partial charge in [0.2, 0.25) is 0 Å². The average Bonchev–Trinajstić information content (AvgIpc) is 2.89. The lowest BCUT2D eigenvalue weighted by molar-refractivity contribution is 0.572. The first-order chi connectivity index (χ1) is 11.1. The Labute approximate surface area is 136 Å². The Morgan fingerprint density at radius 2 is 2.00 bits per heavy atom. The van der Waals surface area contributed by atoms with Gasteiger partial charge in [0, 0.05) is 41.9 Å². The molecule has 4 nitrogen and oxygen atoms in total. The number of thioether (sulfide) groups is 1.